The summed E-state index contributed by atoms with van der Waals surface area (Å²) in [6.07, 6.45) is 3.80. The van der Waals surface area contributed by atoms with E-state index in [2.05, 4.69) is 4.90 Å². The van der Waals surface area contributed by atoms with Gasteiger partial charge in [-0.15, -0.1) is 0 Å². The van der Waals surface area contributed by atoms with Gasteiger partial charge in [0.25, 0.3) is 0 Å². The molecule has 3 nitrogen and oxygen atoms in total. The molecule has 2 aromatic rings. The Morgan fingerprint density at radius 2 is 1.96 bits per heavy atom. The third-order valence-corrected chi connectivity index (χ3v) is 5.90. The molecule has 2 aromatic carbocycles. The van der Waals surface area contributed by atoms with Crippen LogP contribution in [0.25, 0.3) is 6.08 Å². The van der Waals surface area contributed by atoms with E-state index in [1.54, 1.807) is 19.2 Å². The van der Waals surface area contributed by atoms with Crippen LogP contribution in [0.2, 0.25) is 5.02 Å². The molecule has 0 heterocycles. The molecular formula is C23H27ClFNO2. The van der Waals surface area contributed by atoms with Crippen LogP contribution in [0.15, 0.2) is 48.0 Å². The van der Waals surface area contributed by atoms with Gasteiger partial charge in [-0.25, -0.2) is 4.39 Å². The Hall–Kier alpha value is -1.88. The minimum absolute atomic E-state index is 0.00247. The second-order valence-electron chi connectivity index (χ2n) is 7.74. The second kappa shape index (κ2) is 8.64. The maximum absolute atomic E-state index is 14.5. The Kier molecular flexibility index (Phi) is 6.43. The monoisotopic (exact) mass is 403 g/mol. The largest absolute Gasteiger partial charge is 0.497 e. The molecule has 2 unspecified atom stereocenters. The minimum atomic E-state index is -1.14. The highest BCUT2D eigenvalue weighted by Crippen LogP contribution is 2.45. The predicted molar refractivity (Wildman–Crippen MR) is 112 cm³/mol. The highest BCUT2D eigenvalue weighted by Gasteiger charge is 2.45. The summed E-state index contributed by atoms with van der Waals surface area (Å²) in [7, 11) is 5.61. The van der Waals surface area contributed by atoms with Crippen molar-refractivity contribution in [3.8, 4) is 5.75 Å². The number of ether oxygens (including phenoxy) is 1. The van der Waals surface area contributed by atoms with Gasteiger partial charge in [0.15, 0.2) is 0 Å². The molecule has 1 N–H and O–H groups in total. The van der Waals surface area contributed by atoms with E-state index in [1.807, 2.05) is 44.4 Å². The number of nitrogens with zero attached hydrogens (tertiary/aromatic N) is 1. The van der Waals surface area contributed by atoms with E-state index in [-0.39, 0.29) is 18.2 Å². The van der Waals surface area contributed by atoms with E-state index in [0.29, 0.717) is 10.6 Å². The lowest BCUT2D eigenvalue weighted by Crippen LogP contribution is -2.42. The number of benzene rings is 2. The molecule has 150 valence electrons. The molecule has 0 saturated heterocycles. The number of aliphatic hydroxyl groups is 1. The van der Waals surface area contributed by atoms with Crippen LogP contribution in [-0.4, -0.2) is 43.4 Å². The molecule has 3 rings (SSSR count). The van der Waals surface area contributed by atoms with Crippen LogP contribution in [0.5, 0.6) is 5.75 Å². The van der Waals surface area contributed by atoms with E-state index in [9.17, 15) is 9.50 Å². The van der Waals surface area contributed by atoms with Gasteiger partial charge in [-0.3, -0.25) is 0 Å². The van der Waals surface area contributed by atoms with Gasteiger partial charge in [0.2, 0.25) is 0 Å². The van der Waals surface area contributed by atoms with Crippen molar-refractivity contribution in [2.24, 2.45) is 5.92 Å². The zero-order valence-corrected chi connectivity index (χ0v) is 17.3. The predicted octanol–water partition coefficient (Wildman–Crippen LogP) is 4.82. The number of hydrogen-bond donors (Lipinski definition) is 1. The van der Waals surface area contributed by atoms with E-state index in [4.69, 9.17) is 16.3 Å². The highest BCUT2D eigenvalue weighted by molar-refractivity contribution is 6.31. The normalized spacial score (nSPS) is 23.5. The lowest BCUT2D eigenvalue weighted by atomic mass is 9.81. The molecular weight excluding hydrogens is 377 g/mol. The molecule has 1 saturated carbocycles. The molecule has 5 heteroatoms. The third-order valence-electron chi connectivity index (χ3n) is 5.54. The van der Waals surface area contributed by atoms with E-state index in [0.717, 1.165) is 36.3 Å². The van der Waals surface area contributed by atoms with Crippen LogP contribution in [0.3, 0.4) is 0 Å². The van der Waals surface area contributed by atoms with Crippen molar-refractivity contribution < 1.29 is 14.2 Å². The molecule has 0 radical (unpaired) electrons. The molecule has 0 bridgehead atoms. The van der Waals surface area contributed by atoms with Gasteiger partial charge in [0.1, 0.15) is 11.6 Å². The first-order chi connectivity index (χ1) is 13.3. The molecule has 0 amide bonds. The topological polar surface area (TPSA) is 32.7 Å². The average Bonchev–Trinajstić information content (AvgIpc) is 2.94. The molecule has 28 heavy (non-hydrogen) atoms. The van der Waals surface area contributed by atoms with Crippen molar-refractivity contribution in [3.63, 3.8) is 0 Å². The van der Waals surface area contributed by atoms with Crippen molar-refractivity contribution >= 4 is 17.7 Å². The van der Waals surface area contributed by atoms with Gasteiger partial charge < -0.3 is 14.7 Å². The SMILES string of the molecule is COc1ccc(/C=C2\CCC(CN(C)C)C2(O)Cc2c(F)cccc2Cl)cc1. The Labute approximate surface area is 171 Å². The van der Waals surface area contributed by atoms with Crippen LogP contribution in [0, 0.1) is 11.7 Å². The average molecular weight is 404 g/mol. The van der Waals surface area contributed by atoms with E-state index in [1.165, 1.54) is 6.07 Å². The number of halogens is 2. The molecule has 0 aliphatic heterocycles. The maximum atomic E-state index is 14.5. The quantitative estimate of drug-likeness (QED) is 0.750. The van der Waals surface area contributed by atoms with Crippen molar-refractivity contribution in [2.75, 3.05) is 27.7 Å². The molecule has 1 aliphatic rings. The van der Waals surface area contributed by atoms with Crippen molar-refractivity contribution in [2.45, 2.75) is 24.9 Å². The summed E-state index contributed by atoms with van der Waals surface area (Å²) >= 11 is 6.27. The van der Waals surface area contributed by atoms with Gasteiger partial charge in [-0.2, -0.15) is 0 Å². The fourth-order valence-electron chi connectivity index (χ4n) is 4.06. The molecule has 2 atom stereocenters. The zero-order valence-electron chi connectivity index (χ0n) is 16.6. The van der Waals surface area contributed by atoms with Crippen LogP contribution in [-0.2, 0) is 6.42 Å². The van der Waals surface area contributed by atoms with Crippen LogP contribution >= 0.6 is 11.6 Å². The standard InChI is InChI=1S/C23H27ClFNO2/c1-26(2)15-18-10-9-17(13-16-7-11-19(28-3)12-8-16)23(18,27)14-20-21(24)5-4-6-22(20)25/h4-8,11-13,18,27H,9-10,14-15H2,1-3H3/b17-13+. The lowest BCUT2D eigenvalue weighted by molar-refractivity contribution is 0.0250. The van der Waals surface area contributed by atoms with Crippen LogP contribution in [0.4, 0.5) is 4.39 Å². The molecule has 1 fully saturated rings. The Bertz CT molecular complexity index is 830. The first-order valence-corrected chi connectivity index (χ1v) is 9.86. The van der Waals surface area contributed by atoms with Crippen molar-refractivity contribution in [1.82, 2.24) is 4.90 Å². The fourth-order valence-corrected chi connectivity index (χ4v) is 4.29. The van der Waals surface area contributed by atoms with Gasteiger partial charge >= 0.3 is 0 Å². The third kappa shape index (κ3) is 4.40. The van der Waals surface area contributed by atoms with E-state index >= 15 is 0 Å². The fraction of sp³-hybridized carbons (Fsp3) is 0.391. The summed E-state index contributed by atoms with van der Waals surface area (Å²) < 4.78 is 19.7. The van der Waals surface area contributed by atoms with Crippen molar-refractivity contribution in [1.29, 1.82) is 0 Å². The number of methoxy groups -OCH3 is 1. The summed E-state index contributed by atoms with van der Waals surface area (Å²) in [5.41, 5.74) is 1.14. The highest BCUT2D eigenvalue weighted by atomic mass is 35.5. The maximum Gasteiger partial charge on any atom is 0.128 e. The van der Waals surface area contributed by atoms with Crippen LogP contribution in [0.1, 0.15) is 24.0 Å². The second-order valence-corrected chi connectivity index (χ2v) is 8.15. The molecule has 0 spiro atoms. The van der Waals surface area contributed by atoms with Gasteiger partial charge in [-0.05, 0) is 62.3 Å². The Morgan fingerprint density at radius 1 is 1.25 bits per heavy atom. The van der Waals surface area contributed by atoms with E-state index < -0.39 is 5.60 Å². The Balaban J connectivity index is 1.99. The first-order valence-electron chi connectivity index (χ1n) is 9.48. The number of hydrogen-bond acceptors (Lipinski definition) is 3. The smallest absolute Gasteiger partial charge is 0.128 e. The van der Waals surface area contributed by atoms with Gasteiger partial charge in [-0.1, -0.05) is 35.9 Å². The van der Waals surface area contributed by atoms with Gasteiger partial charge in [0.05, 0.1) is 12.7 Å². The summed E-state index contributed by atoms with van der Waals surface area (Å²) in [5.74, 6) is 0.412. The minimum Gasteiger partial charge on any atom is -0.497 e. The Morgan fingerprint density at radius 3 is 2.57 bits per heavy atom. The van der Waals surface area contributed by atoms with Gasteiger partial charge in [0, 0.05) is 29.5 Å². The summed E-state index contributed by atoms with van der Waals surface area (Å²) in [6, 6.07) is 12.4. The molecule has 0 aromatic heterocycles. The number of rotatable bonds is 6. The molecule has 1 aliphatic carbocycles. The first kappa shape index (κ1) is 20.8. The summed E-state index contributed by atoms with van der Waals surface area (Å²) in [6.45, 7) is 0.725. The van der Waals surface area contributed by atoms with Crippen molar-refractivity contribution in [3.05, 3.63) is 70.0 Å². The lowest BCUT2D eigenvalue weighted by Gasteiger charge is -2.34. The van der Waals surface area contributed by atoms with Crippen LogP contribution < -0.4 is 4.74 Å². The summed E-state index contributed by atoms with van der Waals surface area (Å²) in [5, 5.41) is 12.1. The summed E-state index contributed by atoms with van der Waals surface area (Å²) in [4.78, 5) is 2.06. The zero-order chi connectivity index (χ0) is 20.3.